The Morgan fingerprint density at radius 2 is 2.32 bits per heavy atom. The minimum atomic E-state index is 0.516. The van der Waals surface area contributed by atoms with Gasteiger partial charge in [-0.25, -0.2) is 0 Å². The molecule has 0 amide bonds. The van der Waals surface area contributed by atoms with E-state index in [4.69, 9.17) is 4.74 Å². The fourth-order valence-corrected chi connectivity index (χ4v) is 2.61. The van der Waals surface area contributed by atoms with Gasteiger partial charge in [0.25, 0.3) is 0 Å². The van der Waals surface area contributed by atoms with Crippen LogP contribution >= 0.6 is 0 Å². The summed E-state index contributed by atoms with van der Waals surface area (Å²) in [5.74, 6) is 0.605. The summed E-state index contributed by atoms with van der Waals surface area (Å²) in [4.78, 5) is 6.75. The van der Waals surface area contributed by atoms with Gasteiger partial charge in [0.05, 0.1) is 13.2 Å². The van der Waals surface area contributed by atoms with Crippen molar-refractivity contribution in [2.75, 3.05) is 39.9 Å². The molecule has 0 spiro atoms. The zero-order chi connectivity index (χ0) is 13.5. The molecule has 2 rings (SSSR count). The van der Waals surface area contributed by atoms with E-state index in [1.165, 1.54) is 5.69 Å². The molecule has 2 heterocycles. The van der Waals surface area contributed by atoms with Crippen molar-refractivity contribution in [3.05, 3.63) is 30.1 Å². The topological polar surface area (TPSA) is 37.4 Å². The number of nitrogens with zero attached hydrogens (tertiary/aromatic N) is 2. The van der Waals surface area contributed by atoms with Gasteiger partial charge < -0.3 is 15.0 Å². The lowest BCUT2D eigenvalue weighted by Crippen LogP contribution is -2.41. The lowest BCUT2D eigenvalue weighted by molar-refractivity contribution is 0.173. The first kappa shape index (κ1) is 14.4. The molecule has 0 radical (unpaired) electrons. The predicted molar refractivity (Wildman–Crippen MR) is 77.2 cm³/mol. The van der Waals surface area contributed by atoms with Crippen LogP contribution in [0.1, 0.15) is 12.6 Å². The largest absolute Gasteiger partial charge is 0.379 e. The molecular weight excluding hydrogens is 238 g/mol. The summed E-state index contributed by atoms with van der Waals surface area (Å²) in [7, 11) is 2.18. The van der Waals surface area contributed by atoms with Crippen LogP contribution in [0.25, 0.3) is 0 Å². The van der Waals surface area contributed by atoms with Gasteiger partial charge in [0.1, 0.15) is 0 Å². The third kappa shape index (κ3) is 4.56. The van der Waals surface area contributed by atoms with E-state index in [0.29, 0.717) is 12.0 Å². The van der Waals surface area contributed by atoms with Crippen LogP contribution in [0, 0.1) is 5.92 Å². The second kappa shape index (κ2) is 7.58. The van der Waals surface area contributed by atoms with Gasteiger partial charge in [-0.3, -0.25) is 4.98 Å². The molecular formula is C15H25N3O. The van der Waals surface area contributed by atoms with Gasteiger partial charge in [0.2, 0.25) is 0 Å². The van der Waals surface area contributed by atoms with Crippen molar-refractivity contribution in [3.8, 4) is 0 Å². The van der Waals surface area contributed by atoms with E-state index in [-0.39, 0.29) is 0 Å². The van der Waals surface area contributed by atoms with Crippen molar-refractivity contribution >= 4 is 0 Å². The highest BCUT2D eigenvalue weighted by Crippen LogP contribution is 2.14. The first-order valence-electron chi connectivity index (χ1n) is 7.19. The molecule has 0 aliphatic carbocycles. The molecule has 1 aliphatic rings. The van der Waals surface area contributed by atoms with Crippen LogP contribution in [0.2, 0.25) is 0 Å². The van der Waals surface area contributed by atoms with Crippen LogP contribution in [0.5, 0.6) is 0 Å². The second-order valence-corrected chi connectivity index (χ2v) is 5.30. The molecule has 2 atom stereocenters. The van der Waals surface area contributed by atoms with Crippen molar-refractivity contribution < 1.29 is 4.74 Å². The Kier molecular flexibility index (Phi) is 5.76. The Balaban J connectivity index is 1.73. The first-order chi connectivity index (χ1) is 9.29. The highest BCUT2D eigenvalue weighted by atomic mass is 16.5. The highest BCUT2D eigenvalue weighted by molar-refractivity contribution is 5.03. The Labute approximate surface area is 116 Å². The third-order valence-corrected chi connectivity index (χ3v) is 3.69. The van der Waals surface area contributed by atoms with E-state index >= 15 is 0 Å². The van der Waals surface area contributed by atoms with Crippen LogP contribution in [-0.2, 0) is 11.2 Å². The van der Waals surface area contributed by atoms with Crippen LogP contribution in [0.15, 0.2) is 24.4 Å². The van der Waals surface area contributed by atoms with Crippen molar-refractivity contribution in [3.63, 3.8) is 0 Å². The zero-order valence-corrected chi connectivity index (χ0v) is 12.0. The van der Waals surface area contributed by atoms with Gasteiger partial charge in [-0.15, -0.1) is 0 Å². The average molecular weight is 263 g/mol. The first-order valence-corrected chi connectivity index (χ1v) is 7.19. The Bertz CT molecular complexity index is 358. The number of ether oxygens (including phenoxy) is 1. The van der Waals surface area contributed by atoms with Gasteiger partial charge in [0.15, 0.2) is 0 Å². The maximum Gasteiger partial charge on any atom is 0.0623 e. The molecule has 1 aromatic heterocycles. The van der Waals surface area contributed by atoms with Crippen LogP contribution < -0.4 is 5.32 Å². The number of hydrogen-bond donors (Lipinski definition) is 1. The maximum atomic E-state index is 5.58. The van der Waals surface area contributed by atoms with Gasteiger partial charge in [-0.2, -0.15) is 0 Å². The number of nitrogens with one attached hydrogen (secondary N) is 1. The Hall–Kier alpha value is -0.970. The highest BCUT2D eigenvalue weighted by Gasteiger charge is 2.28. The monoisotopic (exact) mass is 263 g/mol. The summed E-state index contributed by atoms with van der Waals surface area (Å²) in [6.45, 7) is 7.04. The molecule has 2 unspecified atom stereocenters. The van der Waals surface area contributed by atoms with E-state index in [1.54, 1.807) is 0 Å². The number of likely N-dealkylation sites (N-methyl/N-ethyl adjacent to an activating group) is 2. The van der Waals surface area contributed by atoms with Gasteiger partial charge in [-0.1, -0.05) is 13.0 Å². The lowest BCUT2D eigenvalue weighted by Gasteiger charge is -2.24. The summed E-state index contributed by atoms with van der Waals surface area (Å²) in [6, 6.07) is 6.62. The molecule has 4 heteroatoms. The SMILES string of the molecule is CCNC1COCC1CN(C)CCc1ccccn1. The van der Waals surface area contributed by atoms with Gasteiger partial charge >= 0.3 is 0 Å². The molecule has 106 valence electrons. The summed E-state index contributed by atoms with van der Waals surface area (Å²) < 4.78 is 5.58. The van der Waals surface area contributed by atoms with Crippen molar-refractivity contribution in [2.45, 2.75) is 19.4 Å². The zero-order valence-electron chi connectivity index (χ0n) is 12.0. The van der Waals surface area contributed by atoms with E-state index < -0.39 is 0 Å². The average Bonchev–Trinajstić information content (AvgIpc) is 2.85. The van der Waals surface area contributed by atoms with Crippen LogP contribution in [0.4, 0.5) is 0 Å². The fourth-order valence-electron chi connectivity index (χ4n) is 2.61. The number of aromatic nitrogens is 1. The molecule has 0 aromatic carbocycles. The van der Waals surface area contributed by atoms with Crippen molar-refractivity contribution in [1.29, 1.82) is 0 Å². The second-order valence-electron chi connectivity index (χ2n) is 5.30. The number of pyridine rings is 1. The lowest BCUT2D eigenvalue weighted by atomic mass is 10.0. The standard InChI is InChI=1S/C15H25N3O/c1-3-16-15-12-19-11-13(15)10-18(2)9-7-14-6-4-5-8-17-14/h4-6,8,13,15-16H,3,7,9-12H2,1-2H3. The number of rotatable bonds is 7. The predicted octanol–water partition coefficient (Wildman–Crippen LogP) is 1.18. The quantitative estimate of drug-likeness (QED) is 0.801. The third-order valence-electron chi connectivity index (χ3n) is 3.69. The molecule has 0 saturated carbocycles. The molecule has 1 aromatic rings. The van der Waals surface area contributed by atoms with Crippen molar-refractivity contribution in [2.24, 2.45) is 5.92 Å². The normalized spacial score (nSPS) is 23.1. The van der Waals surface area contributed by atoms with Gasteiger partial charge in [-0.05, 0) is 25.7 Å². The summed E-state index contributed by atoms with van der Waals surface area (Å²) in [6.07, 6.45) is 2.87. The summed E-state index contributed by atoms with van der Waals surface area (Å²) in [5.41, 5.74) is 1.17. The smallest absolute Gasteiger partial charge is 0.0623 e. The molecule has 1 aliphatic heterocycles. The van der Waals surface area contributed by atoms with Crippen molar-refractivity contribution in [1.82, 2.24) is 15.2 Å². The Morgan fingerprint density at radius 1 is 1.42 bits per heavy atom. The molecule has 1 fully saturated rings. The maximum absolute atomic E-state index is 5.58. The van der Waals surface area contributed by atoms with E-state index in [2.05, 4.69) is 35.2 Å². The minimum Gasteiger partial charge on any atom is -0.379 e. The number of hydrogen-bond acceptors (Lipinski definition) is 4. The van der Waals surface area contributed by atoms with Crippen LogP contribution in [-0.4, -0.2) is 55.8 Å². The molecule has 1 N–H and O–H groups in total. The minimum absolute atomic E-state index is 0.516. The van der Waals surface area contributed by atoms with E-state index in [0.717, 1.165) is 39.3 Å². The summed E-state index contributed by atoms with van der Waals surface area (Å²) >= 11 is 0. The fraction of sp³-hybridized carbons (Fsp3) is 0.667. The van der Waals surface area contributed by atoms with E-state index in [9.17, 15) is 0 Å². The molecule has 1 saturated heterocycles. The molecule has 19 heavy (non-hydrogen) atoms. The van der Waals surface area contributed by atoms with Crippen LogP contribution in [0.3, 0.4) is 0 Å². The Morgan fingerprint density at radius 3 is 3.05 bits per heavy atom. The van der Waals surface area contributed by atoms with E-state index in [1.807, 2.05) is 18.3 Å². The summed E-state index contributed by atoms with van der Waals surface area (Å²) in [5, 5.41) is 3.51. The van der Waals surface area contributed by atoms with Gasteiger partial charge in [0, 0.05) is 43.4 Å². The molecule has 4 nitrogen and oxygen atoms in total. The molecule has 0 bridgehead atoms.